The fourth-order valence-electron chi connectivity index (χ4n) is 4.36. The number of pyridine rings is 2. The van der Waals surface area contributed by atoms with Gasteiger partial charge in [-0.2, -0.15) is 5.26 Å². The number of nitrogens with two attached hydrogens (primary N) is 1. The van der Waals surface area contributed by atoms with Crippen molar-refractivity contribution in [3.63, 3.8) is 0 Å². The van der Waals surface area contributed by atoms with Crippen molar-refractivity contribution in [3.05, 3.63) is 78.9 Å². The number of carbonyl (C=O) groups excluding carboxylic acids is 2. The van der Waals surface area contributed by atoms with Gasteiger partial charge in [0.1, 0.15) is 23.5 Å². The zero-order valence-electron chi connectivity index (χ0n) is 24.2. The molecule has 0 fully saturated rings. The number of nitrogens with zero attached hydrogens (tertiary/aromatic N) is 5. The molecule has 0 aliphatic heterocycles. The first-order valence-electron chi connectivity index (χ1n) is 13.7. The van der Waals surface area contributed by atoms with E-state index >= 15 is 0 Å². The molecular weight excluding hydrogens is 530 g/mol. The number of nitrogens with one attached hydrogen (secondary N) is 1. The molecule has 216 valence electrons. The molecule has 3 heterocycles. The number of aromatic nitrogens is 3. The normalized spacial score (nSPS) is 12.8. The van der Waals surface area contributed by atoms with Crippen LogP contribution in [-0.2, 0) is 21.1 Å². The van der Waals surface area contributed by atoms with Crippen LogP contribution in [0.3, 0.4) is 0 Å². The summed E-state index contributed by atoms with van der Waals surface area (Å²) in [6, 6.07) is 14.4. The van der Waals surface area contributed by atoms with E-state index in [2.05, 4.69) is 16.4 Å². The minimum absolute atomic E-state index is 0.00835. The maximum atomic E-state index is 12.6. The van der Waals surface area contributed by atoms with Gasteiger partial charge in [-0.15, -0.1) is 0 Å². The van der Waals surface area contributed by atoms with Crippen LogP contribution < -0.4 is 11.1 Å². The number of benzene rings is 1. The maximum absolute atomic E-state index is 12.6. The first kappa shape index (κ1) is 30.1. The zero-order valence-corrected chi connectivity index (χ0v) is 24.2. The molecule has 3 aromatic heterocycles. The van der Waals surface area contributed by atoms with Gasteiger partial charge in [0.05, 0.1) is 0 Å². The lowest BCUT2D eigenvalue weighted by Crippen LogP contribution is -2.38. The largest absolute Gasteiger partial charge is 0.443 e. The molecule has 2 unspecified atom stereocenters. The summed E-state index contributed by atoms with van der Waals surface area (Å²) in [5, 5.41) is 13.1. The van der Waals surface area contributed by atoms with Crippen molar-refractivity contribution in [2.24, 2.45) is 11.7 Å². The highest BCUT2D eigenvalue weighted by Gasteiger charge is 2.22. The van der Waals surface area contributed by atoms with Crippen LogP contribution in [0, 0.1) is 17.2 Å². The van der Waals surface area contributed by atoms with Gasteiger partial charge in [-0.25, -0.2) is 9.97 Å². The number of hydrogen-bond donors (Lipinski definition) is 2. The van der Waals surface area contributed by atoms with E-state index < -0.39 is 12.0 Å². The van der Waals surface area contributed by atoms with Gasteiger partial charge in [-0.1, -0.05) is 38.5 Å². The molecule has 0 saturated carbocycles. The lowest BCUT2D eigenvalue weighted by molar-refractivity contribution is -0.150. The highest BCUT2D eigenvalue weighted by atomic mass is 16.5. The Morgan fingerprint density at radius 2 is 1.98 bits per heavy atom. The maximum Gasteiger partial charge on any atom is 0.324 e. The molecule has 4 aromatic rings. The molecule has 10 heteroatoms. The van der Waals surface area contributed by atoms with Gasteiger partial charge in [-0.05, 0) is 61.5 Å². The van der Waals surface area contributed by atoms with Crippen LogP contribution in [0.1, 0.15) is 26.0 Å². The Labute approximate surface area is 245 Å². The average Bonchev–Trinajstić information content (AvgIpc) is 3.36. The second kappa shape index (κ2) is 13.7. The zero-order chi connectivity index (χ0) is 30.2. The number of anilines is 1. The highest BCUT2D eigenvalue weighted by molar-refractivity contribution is 6.00. The first-order chi connectivity index (χ1) is 20.2. The molecule has 1 amide bonds. The Bertz CT molecular complexity index is 1650. The monoisotopic (exact) mass is 565 g/mol. The van der Waals surface area contributed by atoms with Gasteiger partial charge >= 0.3 is 5.97 Å². The second-order valence-electron chi connectivity index (χ2n) is 10.4. The molecule has 2 atom stereocenters. The van der Waals surface area contributed by atoms with Gasteiger partial charge in [0.15, 0.2) is 6.73 Å². The van der Waals surface area contributed by atoms with Crippen LogP contribution in [0.5, 0.6) is 0 Å². The molecule has 0 aliphatic rings. The summed E-state index contributed by atoms with van der Waals surface area (Å²) in [7, 11) is 3.87. The smallest absolute Gasteiger partial charge is 0.324 e. The summed E-state index contributed by atoms with van der Waals surface area (Å²) in [5.74, 6) is -0.697. The van der Waals surface area contributed by atoms with Crippen molar-refractivity contribution in [2.75, 3.05) is 26.0 Å². The molecule has 3 N–H and O–H groups in total. The van der Waals surface area contributed by atoms with Gasteiger partial charge < -0.3 is 20.7 Å². The summed E-state index contributed by atoms with van der Waals surface area (Å²) < 4.78 is 7.32. The standard InChI is InChI=1S/C32H35N7O3/c1-5-21(2)30(34)32(41)42-20-39-19-28(23-11-12-35-26(15-23)17-33)27-16-24(18-36-31(27)39)22-8-6-9-25(14-22)37-29(40)10-7-13-38(3)4/h6-12,14-16,18-19,21,30H,5,13,20,34H2,1-4H3,(H,37,40)/b10-7+. The van der Waals surface area contributed by atoms with E-state index in [1.165, 1.54) is 6.08 Å². The van der Waals surface area contributed by atoms with E-state index in [-0.39, 0.29) is 24.2 Å². The molecule has 0 aliphatic carbocycles. The van der Waals surface area contributed by atoms with Gasteiger partial charge in [0, 0.05) is 53.4 Å². The van der Waals surface area contributed by atoms with Crippen LogP contribution in [0.25, 0.3) is 33.3 Å². The molecule has 0 saturated heterocycles. The molecular formula is C32H35N7O3. The number of likely N-dealkylation sites (N-methyl/N-ethyl adjacent to an activating group) is 1. The van der Waals surface area contributed by atoms with Gasteiger partial charge in [-0.3, -0.25) is 14.2 Å². The Morgan fingerprint density at radius 1 is 1.17 bits per heavy atom. The lowest BCUT2D eigenvalue weighted by Gasteiger charge is -2.17. The molecule has 10 nitrogen and oxygen atoms in total. The number of amides is 1. The van der Waals surface area contributed by atoms with Gasteiger partial charge in [0.2, 0.25) is 5.91 Å². The third kappa shape index (κ3) is 7.26. The molecule has 0 spiro atoms. The highest BCUT2D eigenvalue weighted by Crippen LogP contribution is 2.33. The van der Waals surface area contributed by atoms with Crippen LogP contribution in [-0.4, -0.2) is 58.0 Å². The van der Waals surface area contributed by atoms with Crippen LogP contribution in [0.2, 0.25) is 0 Å². The fourth-order valence-corrected chi connectivity index (χ4v) is 4.36. The van der Waals surface area contributed by atoms with Crippen molar-refractivity contribution in [3.8, 4) is 28.3 Å². The van der Waals surface area contributed by atoms with Crippen molar-refractivity contribution in [1.82, 2.24) is 19.4 Å². The Morgan fingerprint density at radius 3 is 2.71 bits per heavy atom. The van der Waals surface area contributed by atoms with Crippen LogP contribution in [0.4, 0.5) is 5.69 Å². The van der Waals surface area contributed by atoms with Crippen molar-refractivity contribution in [2.45, 2.75) is 33.0 Å². The first-order valence-corrected chi connectivity index (χ1v) is 13.7. The Kier molecular flexibility index (Phi) is 9.81. The molecule has 1 aromatic carbocycles. The minimum atomic E-state index is -0.717. The topological polar surface area (TPSA) is 139 Å². The lowest BCUT2D eigenvalue weighted by atomic mass is 10.0. The quantitative estimate of drug-likeness (QED) is 0.199. The van der Waals surface area contributed by atoms with E-state index in [0.29, 0.717) is 17.9 Å². The van der Waals surface area contributed by atoms with Gasteiger partial charge in [0.25, 0.3) is 0 Å². The second-order valence-corrected chi connectivity index (χ2v) is 10.4. The number of fused-ring (bicyclic) bond motifs is 1. The molecule has 0 radical (unpaired) electrons. The summed E-state index contributed by atoms with van der Waals surface area (Å²) >= 11 is 0. The number of nitriles is 1. The van der Waals surface area contributed by atoms with E-state index in [0.717, 1.165) is 34.1 Å². The summed E-state index contributed by atoms with van der Waals surface area (Å²) in [5.41, 5.74) is 10.9. The van der Waals surface area contributed by atoms with E-state index in [4.69, 9.17) is 15.5 Å². The summed E-state index contributed by atoms with van der Waals surface area (Å²) in [4.78, 5) is 35.7. The minimum Gasteiger partial charge on any atom is -0.443 e. The SMILES string of the molecule is CCC(C)C(N)C(=O)OCn1cc(-c2ccnc(C#N)c2)c2cc(-c3cccc(NC(=O)/C=C/CN(C)C)c3)cnc21. The Hall–Kier alpha value is -4.85. The summed E-state index contributed by atoms with van der Waals surface area (Å²) in [6.07, 6.45) is 9.24. The predicted octanol–water partition coefficient (Wildman–Crippen LogP) is 4.57. The van der Waals surface area contributed by atoms with E-state index in [1.54, 1.807) is 29.1 Å². The number of ether oxygens (including phenoxy) is 1. The number of carbonyl (C=O) groups is 2. The third-order valence-electron chi connectivity index (χ3n) is 6.98. The average molecular weight is 566 g/mol. The van der Waals surface area contributed by atoms with Crippen molar-refractivity contribution >= 4 is 28.6 Å². The fraction of sp³-hybridized carbons (Fsp3) is 0.281. The molecule has 42 heavy (non-hydrogen) atoms. The van der Waals surface area contributed by atoms with Crippen LogP contribution >= 0.6 is 0 Å². The Balaban J connectivity index is 1.68. The number of rotatable bonds is 11. The van der Waals surface area contributed by atoms with E-state index in [9.17, 15) is 14.9 Å². The summed E-state index contributed by atoms with van der Waals surface area (Å²) in [6.45, 7) is 4.49. The number of esters is 1. The number of hydrogen-bond acceptors (Lipinski definition) is 8. The molecule has 0 bridgehead atoms. The molecule has 4 rings (SSSR count). The third-order valence-corrected chi connectivity index (χ3v) is 6.98. The van der Waals surface area contributed by atoms with Crippen molar-refractivity contribution in [1.29, 1.82) is 5.26 Å². The predicted molar refractivity (Wildman–Crippen MR) is 163 cm³/mol. The van der Waals surface area contributed by atoms with Crippen molar-refractivity contribution < 1.29 is 14.3 Å². The van der Waals surface area contributed by atoms with E-state index in [1.807, 2.05) is 75.4 Å². The van der Waals surface area contributed by atoms with Crippen LogP contribution in [0.15, 0.2) is 73.2 Å².